The van der Waals surface area contributed by atoms with Gasteiger partial charge in [0, 0.05) is 10.4 Å². The van der Waals surface area contributed by atoms with Crippen molar-refractivity contribution in [3.05, 3.63) is 40.5 Å². The third-order valence-corrected chi connectivity index (χ3v) is 4.22. The molecule has 0 bridgehead atoms. The maximum absolute atomic E-state index is 13.9. The summed E-state index contributed by atoms with van der Waals surface area (Å²) in [5, 5.41) is 0. The van der Waals surface area contributed by atoms with Gasteiger partial charge in [-0.25, -0.2) is 9.18 Å². The molecule has 0 spiro atoms. The van der Waals surface area contributed by atoms with E-state index in [2.05, 4.69) is 0 Å². The molecule has 1 aromatic heterocycles. The molecular formula is C16H18FNO2S. The second-order valence-electron chi connectivity index (χ2n) is 5.78. The molecule has 0 fully saturated rings. The van der Waals surface area contributed by atoms with Crippen LogP contribution >= 0.6 is 11.3 Å². The quantitative estimate of drug-likeness (QED) is 0.837. The molecule has 0 saturated heterocycles. The maximum atomic E-state index is 13.9. The molecule has 2 N–H and O–H groups in total. The first-order valence-electron chi connectivity index (χ1n) is 6.58. The fraction of sp³-hybridized carbons (Fsp3) is 0.312. The lowest BCUT2D eigenvalue weighted by Crippen LogP contribution is -2.23. The van der Waals surface area contributed by atoms with Crippen LogP contribution in [0.4, 0.5) is 10.1 Å². The molecule has 112 valence electrons. The highest BCUT2D eigenvalue weighted by atomic mass is 32.1. The highest BCUT2D eigenvalue weighted by molar-refractivity contribution is 7.18. The van der Waals surface area contributed by atoms with Crippen LogP contribution < -0.4 is 5.73 Å². The standard InChI is InChI=1S/C16H18FNO2S/c1-9-12(18)14(15(19)20-16(2,3)4)21-13(9)10-7-5-6-8-11(10)17/h5-8H,18H2,1-4H3. The van der Waals surface area contributed by atoms with Gasteiger partial charge in [0.1, 0.15) is 16.3 Å². The number of nitrogens with two attached hydrogens (primary N) is 1. The third-order valence-electron chi connectivity index (χ3n) is 2.90. The molecular weight excluding hydrogens is 289 g/mol. The van der Waals surface area contributed by atoms with Crippen LogP contribution in [-0.2, 0) is 4.74 Å². The number of rotatable bonds is 2. The summed E-state index contributed by atoms with van der Waals surface area (Å²) in [5.74, 6) is -0.812. The third kappa shape index (κ3) is 3.24. The van der Waals surface area contributed by atoms with Gasteiger partial charge in [-0.2, -0.15) is 0 Å². The van der Waals surface area contributed by atoms with E-state index in [1.54, 1.807) is 45.9 Å². The smallest absolute Gasteiger partial charge is 0.351 e. The molecule has 0 aliphatic carbocycles. The summed E-state index contributed by atoms with van der Waals surface area (Å²) >= 11 is 1.16. The summed E-state index contributed by atoms with van der Waals surface area (Å²) in [6, 6.07) is 6.44. The van der Waals surface area contributed by atoms with Gasteiger partial charge >= 0.3 is 5.97 Å². The topological polar surface area (TPSA) is 52.3 Å². The molecule has 0 amide bonds. The Hall–Kier alpha value is -1.88. The van der Waals surface area contributed by atoms with Crippen molar-refractivity contribution >= 4 is 23.0 Å². The minimum atomic E-state index is -0.598. The molecule has 1 aromatic carbocycles. The first-order chi connectivity index (χ1) is 9.70. The Morgan fingerprint density at radius 2 is 1.90 bits per heavy atom. The highest BCUT2D eigenvalue weighted by Gasteiger charge is 2.25. The molecule has 3 nitrogen and oxygen atoms in total. The summed E-state index contributed by atoms with van der Waals surface area (Å²) in [4.78, 5) is 13.2. The number of esters is 1. The van der Waals surface area contributed by atoms with Crippen LogP contribution in [0.1, 0.15) is 36.0 Å². The number of nitrogen functional groups attached to an aromatic ring is 1. The van der Waals surface area contributed by atoms with Crippen LogP contribution in [0.25, 0.3) is 10.4 Å². The monoisotopic (exact) mass is 307 g/mol. The molecule has 21 heavy (non-hydrogen) atoms. The van der Waals surface area contributed by atoms with Gasteiger partial charge in [0.2, 0.25) is 0 Å². The van der Waals surface area contributed by atoms with E-state index in [0.717, 1.165) is 11.3 Å². The van der Waals surface area contributed by atoms with Crippen molar-refractivity contribution in [1.82, 2.24) is 0 Å². The first-order valence-corrected chi connectivity index (χ1v) is 7.39. The Morgan fingerprint density at radius 3 is 2.48 bits per heavy atom. The lowest BCUT2D eigenvalue weighted by Gasteiger charge is -2.19. The average molecular weight is 307 g/mol. The van der Waals surface area contributed by atoms with Crippen molar-refractivity contribution in [2.75, 3.05) is 5.73 Å². The van der Waals surface area contributed by atoms with Crippen LogP contribution in [0.2, 0.25) is 0 Å². The van der Waals surface area contributed by atoms with E-state index in [4.69, 9.17) is 10.5 Å². The number of carbonyl (C=O) groups excluding carboxylic acids is 1. The second-order valence-corrected chi connectivity index (χ2v) is 6.80. The lowest BCUT2D eigenvalue weighted by atomic mass is 10.1. The van der Waals surface area contributed by atoms with Gasteiger partial charge in [-0.1, -0.05) is 18.2 Å². The van der Waals surface area contributed by atoms with Gasteiger partial charge in [-0.15, -0.1) is 11.3 Å². The Bertz CT molecular complexity index is 686. The SMILES string of the molecule is Cc1c(-c2ccccc2F)sc(C(=O)OC(C)(C)C)c1N. The Kier molecular flexibility index (Phi) is 4.05. The summed E-state index contributed by atoms with van der Waals surface area (Å²) in [6.45, 7) is 7.15. The molecule has 0 radical (unpaired) electrons. The van der Waals surface area contributed by atoms with Crippen LogP contribution in [-0.4, -0.2) is 11.6 Å². The zero-order valence-electron chi connectivity index (χ0n) is 12.5. The van der Waals surface area contributed by atoms with E-state index in [1.807, 2.05) is 0 Å². The van der Waals surface area contributed by atoms with Crippen LogP contribution in [0, 0.1) is 12.7 Å². The van der Waals surface area contributed by atoms with E-state index >= 15 is 0 Å². The van der Waals surface area contributed by atoms with Gasteiger partial charge in [0.05, 0.1) is 5.69 Å². The zero-order chi connectivity index (χ0) is 15.8. The van der Waals surface area contributed by atoms with Crippen molar-refractivity contribution in [3.8, 4) is 10.4 Å². The van der Waals surface area contributed by atoms with E-state index in [9.17, 15) is 9.18 Å². The van der Waals surface area contributed by atoms with Crippen molar-refractivity contribution in [2.45, 2.75) is 33.3 Å². The van der Waals surface area contributed by atoms with Gasteiger partial charge in [0.25, 0.3) is 0 Å². The van der Waals surface area contributed by atoms with Crippen molar-refractivity contribution in [3.63, 3.8) is 0 Å². The Balaban J connectivity index is 2.47. The number of anilines is 1. The van der Waals surface area contributed by atoms with Crippen molar-refractivity contribution in [1.29, 1.82) is 0 Å². The van der Waals surface area contributed by atoms with E-state index < -0.39 is 11.6 Å². The van der Waals surface area contributed by atoms with Gasteiger partial charge in [0.15, 0.2) is 0 Å². The highest BCUT2D eigenvalue weighted by Crippen LogP contribution is 2.39. The fourth-order valence-electron chi connectivity index (χ4n) is 1.90. The minimum absolute atomic E-state index is 0.320. The van der Waals surface area contributed by atoms with Crippen molar-refractivity contribution < 1.29 is 13.9 Å². The fourth-order valence-corrected chi connectivity index (χ4v) is 3.04. The molecule has 5 heteroatoms. The van der Waals surface area contributed by atoms with E-state index in [-0.39, 0.29) is 5.82 Å². The molecule has 1 heterocycles. The molecule has 2 rings (SSSR count). The number of thiophene rings is 1. The van der Waals surface area contributed by atoms with Gasteiger partial charge in [-0.3, -0.25) is 0 Å². The molecule has 0 atom stereocenters. The average Bonchev–Trinajstić information content (AvgIpc) is 2.65. The first kappa shape index (κ1) is 15.5. The summed E-state index contributed by atoms with van der Waals surface area (Å²) in [5.41, 5.74) is 6.90. The summed E-state index contributed by atoms with van der Waals surface area (Å²) in [7, 11) is 0. The predicted octanol–water partition coefficient (Wildman–Crippen LogP) is 4.40. The van der Waals surface area contributed by atoms with Crippen LogP contribution in [0.5, 0.6) is 0 Å². The maximum Gasteiger partial charge on any atom is 0.351 e. The van der Waals surface area contributed by atoms with E-state index in [0.29, 0.717) is 26.6 Å². The second kappa shape index (κ2) is 5.48. The normalized spacial score (nSPS) is 11.5. The Labute approximate surface area is 127 Å². The predicted molar refractivity (Wildman–Crippen MR) is 84.0 cm³/mol. The Morgan fingerprint density at radius 1 is 1.29 bits per heavy atom. The number of benzene rings is 1. The van der Waals surface area contributed by atoms with Crippen LogP contribution in [0.15, 0.2) is 24.3 Å². The van der Waals surface area contributed by atoms with Gasteiger partial charge in [-0.05, 0) is 39.3 Å². The number of carbonyl (C=O) groups is 1. The van der Waals surface area contributed by atoms with Crippen LogP contribution in [0.3, 0.4) is 0 Å². The molecule has 0 unspecified atom stereocenters. The number of ether oxygens (including phenoxy) is 1. The van der Waals surface area contributed by atoms with Crippen molar-refractivity contribution in [2.24, 2.45) is 0 Å². The van der Waals surface area contributed by atoms with Gasteiger partial charge < -0.3 is 10.5 Å². The summed E-state index contributed by atoms with van der Waals surface area (Å²) in [6.07, 6.45) is 0. The number of halogens is 1. The number of hydrogen-bond acceptors (Lipinski definition) is 4. The molecule has 0 aliphatic rings. The largest absolute Gasteiger partial charge is 0.456 e. The molecule has 2 aromatic rings. The number of hydrogen-bond donors (Lipinski definition) is 1. The zero-order valence-corrected chi connectivity index (χ0v) is 13.3. The summed E-state index contributed by atoms with van der Waals surface area (Å²) < 4.78 is 19.3. The molecule has 0 saturated carbocycles. The lowest BCUT2D eigenvalue weighted by molar-refractivity contribution is 0.00763. The van der Waals surface area contributed by atoms with E-state index in [1.165, 1.54) is 6.07 Å². The molecule has 0 aliphatic heterocycles. The minimum Gasteiger partial charge on any atom is -0.456 e.